The Morgan fingerprint density at radius 1 is 0.929 bits per heavy atom. The Morgan fingerprint density at radius 2 is 1.64 bits per heavy atom. The maximum atomic E-state index is 12.8. The maximum Gasteiger partial charge on any atom is 0.255 e. The Bertz CT molecular complexity index is 894. The molecule has 2 amide bonds. The summed E-state index contributed by atoms with van der Waals surface area (Å²) >= 11 is 0. The summed E-state index contributed by atoms with van der Waals surface area (Å²) in [6, 6.07) is 7.39. The Kier molecular flexibility index (Phi) is 5.01. The average molecular weight is 382 g/mol. The minimum atomic E-state index is -0.0819. The van der Waals surface area contributed by atoms with Gasteiger partial charge in [-0.05, 0) is 18.2 Å². The second-order valence-electron chi connectivity index (χ2n) is 6.74. The Hall–Kier alpha value is -3.29. The van der Waals surface area contributed by atoms with Crippen LogP contribution in [0.1, 0.15) is 17.3 Å². The average Bonchev–Trinajstić information content (AvgIpc) is 2.73. The largest absolute Gasteiger partial charge is 0.486 e. The molecule has 1 N–H and O–H groups in total. The normalized spacial score (nSPS) is 15.9. The number of fused-ring (bicyclic) bond motifs is 1. The molecule has 0 unspecified atom stereocenters. The zero-order chi connectivity index (χ0) is 19.5. The molecule has 8 nitrogen and oxygen atoms in total. The summed E-state index contributed by atoms with van der Waals surface area (Å²) in [5.74, 6) is 1.38. The third-order valence-electron chi connectivity index (χ3n) is 4.83. The van der Waals surface area contributed by atoms with Crippen LogP contribution in [0.5, 0.6) is 11.5 Å². The highest BCUT2D eigenvalue weighted by Gasteiger charge is 2.23. The van der Waals surface area contributed by atoms with Crippen molar-refractivity contribution in [2.75, 3.05) is 44.7 Å². The van der Waals surface area contributed by atoms with Crippen LogP contribution in [0.25, 0.3) is 0 Å². The lowest BCUT2D eigenvalue weighted by molar-refractivity contribution is -0.130. The molecule has 4 rings (SSSR count). The third-order valence-corrected chi connectivity index (χ3v) is 4.83. The van der Waals surface area contributed by atoms with Crippen molar-refractivity contribution in [2.45, 2.75) is 6.92 Å². The molecule has 0 aliphatic carbocycles. The van der Waals surface area contributed by atoms with Crippen LogP contribution in [0.3, 0.4) is 0 Å². The van der Waals surface area contributed by atoms with E-state index in [9.17, 15) is 9.59 Å². The zero-order valence-corrected chi connectivity index (χ0v) is 15.7. The molecule has 0 radical (unpaired) electrons. The number of hydrogen-bond acceptors (Lipinski definition) is 6. The van der Waals surface area contributed by atoms with Gasteiger partial charge < -0.3 is 24.6 Å². The van der Waals surface area contributed by atoms with E-state index in [2.05, 4.69) is 10.3 Å². The van der Waals surface area contributed by atoms with Crippen LogP contribution in [0.15, 0.2) is 36.7 Å². The molecule has 28 heavy (non-hydrogen) atoms. The zero-order valence-electron chi connectivity index (χ0n) is 15.7. The molecule has 1 aromatic carbocycles. The smallest absolute Gasteiger partial charge is 0.255 e. The van der Waals surface area contributed by atoms with Crippen molar-refractivity contribution < 1.29 is 19.1 Å². The van der Waals surface area contributed by atoms with Crippen LogP contribution in [0, 0.1) is 0 Å². The monoisotopic (exact) mass is 382 g/mol. The molecule has 1 saturated heterocycles. The fourth-order valence-corrected chi connectivity index (χ4v) is 3.32. The Labute approximate surface area is 163 Å². The number of ether oxygens (including phenoxy) is 2. The lowest BCUT2D eigenvalue weighted by Crippen LogP contribution is -2.50. The second kappa shape index (κ2) is 7.75. The van der Waals surface area contributed by atoms with E-state index in [-0.39, 0.29) is 11.8 Å². The van der Waals surface area contributed by atoms with E-state index in [1.807, 2.05) is 18.2 Å². The predicted octanol–water partition coefficient (Wildman–Crippen LogP) is 1.90. The van der Waals surface area contributed by atoms with E-state index in [0.717, 1.165) is 11.4 Å². The number of nitrogens with zero attached hydrogens (tertiary/aromatic N) is 3. The number of aromatic nitrogens is 1. The van der Waals surface area contributed by atoms with Gasteiger partial charge in [0.1, 0.15) is 13.2 Å². The van der Waals surface area contributed by atoms with Gasteiger partial charge >= 0.3 is 0 Å². The molecular weight excluding hydrogens is 360 g/mol. The number of carbonyl (C=O) groups excluding carboxylic acids is 2. The van der Waals surface area contributed by atoms with Gasteiger partial charge in [-0.1, -0.05) is 0 Å². The molecule has 2 aliphatic heterocycles. The van der Waals surface area contributed by atoms with Crippen molar-refractivity contribution >= 4 is 23.2 Å². The number of pyridine rings is 1. The van der Waals surface area contributed by atoms with E-state index in [1.165, 1.54) is 0 Å². The van der Waals surface area contributed by atoms with Crippen LogP contribution >= 0.6 is 0 Å². The number of carbonyl (C=O) groups is 2. The van der Waals surface area contributed by atoms with Crippen LogP contribution in [-0.4, -0.2) is 66.0 Å². The third kappa shape index (κ3) is 3.85. The number of amides is 2. The molecule has 0 spiro atoms. The van der Waals surface area contributed by atoms with Crippen LogP contribution < -0.4 is 14.8 Å². The minimum Gasteiger partial charge on any atom is -0.486 e. The van der Waals surface area contributed by atoms with Crippen LogP contribution in [0.2, 0.25) is 0 Å². The highest BCUT2D eigenvalue weighted by Crippen LogP contribution is 2.33. The van der Waals surface area contributed by atoms with E-state index in [1.54, 1.807) is 35.2 Å². The van der Waals surface area contributed by atoms with Crippen molar-refractivity contribution in [3.63, 3.8) is 0 Å². The summed E-state index contributed by atoms with van der Waals surface area (Å²) < 4.78 is 11.1. The number of rotatable bonds is 3. The molecular formula is C20H22N4O4. The van der Waals surface area contributed by atoms with Gasteiger partial charge in [0.05, 0.1) is 17.4 Å². The fraction of sp³-hybridized carbons (Fsp3) is 0.350. The number of anilines is 2. The van der Waals surface area contributed by atoms with Crippen molar-refractivity contribution in [2.24, 2.45) is 0 Å². The van der Waals surface area contributed by atoms with Crippen molar-refractivity contribution in [1.29, 1.82) is 0 Å². The molecule has 0 atom stereocenters. The molecule has 0 bridgehead atoms. The minimum absolute atomic E-state index is 0.0411. The molecule has 146 valence electrons. The summed E-state index contributed by atoms with van der Waals surface area (Å²) in [7, 11) is 0. The molecule has 8 heteroatoms. The summed E-state index contributed by atoms with van der Waals surface area (Å²) in [5, 5.41) is 3.25. The highest BCUT2D eigenvalue weighted by atomic mass is 16.6. The van der Waals surface area contributed by atoms with E-state index < -0.39 is 0 Å². The Morgan fingerprint density at radius 3 is 2.39 bits per heavy atom. The Balaban J connectivity index is 1.44. The maximum absolute atomic E-state index is 12.8. The first kappa shape index (κ1) is 18.1. The second-order valence-corrected chi connectivity index (χ2v) is 6.74. The van der Waals surface area contributed by atoms with Crippen molar-refractivity contribution in [3.05, 3.63) is 42.2 Å². The molecule has 2 aliphatic rings. The number of piperazine rings is 1. The summed E-state index contributed by atoms with van der Waals surface area (Å²) in [6.45, 7) is 4.80. The van der Waals surface area contributed by atoms with E-state index in [4.69, 9.17) is 9.47 Å². The lowest BCUT2D eigenvalue weighted by Gasteiger charge is -2.34. The quantitative estimate of drug-likeness (QED) is 0.873. The molecule has 2 aromatic rings. The van der Waals surface area contributed by atoms with Gasteiger partial charge in [-0.25, -0.2) is 0 Å². The number of hydrogen-bond donors (Lipinski definition) is 1. The fourth-order valence-electron chi connectivity index (χ4n) is 3.32. The van der Waals surface area contributed by atoms with Crippen molar-refractivity contribution in [3.8, 4) is 11.5 Å². The van der Waals surface area contributed by atoms with Crippen molar-refractivity contribution in [1.82, 2.24) is 14.8 Å². The van der Waals surface area contributed by atoms with Gasteiger partial charge in [-0.2, -0.15) is 0 Å². The van der Waals surface area contributed by atoms with Gasteiger partial charge in [-0.15, -0.1) is 0 Å². The van der Waals surface area contributed by atoms with Gasteiger partial charge in [0.25, 0.3) is 5.91 Å². The molecule has 3 heterocycles. The van der Waals surface area contributed by atoms with Gasteiger partial charge in [0.2, 0.25) is 5.91 Å². The van der Waals surface area contributed by atoms with Crippen LogP contribution in [0.4, 0.5) is 11.4 Å². The standard InChI is InChI=1S/C20H22N4O4/c1-14(25)23-4-6-24(7-5-23)20(26)15-10-17(13-21-12-15)22-16-2-3-18-19(11-16)28-9-8-27-18/h2-3,10-13,22H,4-9H2,1H3. The highest BCUT2D eigenvalue weighted by molar-refractivity contribution is 5.95. The first-order valence-corrected chi connectivity index (χ1v) is 9.27. The van der Waals surface area contributed by atoms with E-state index in [0.29, 0.717) is 56.4 Å². The number of benzene rings is 1. The van der Waals surface area contributed by atoms with E-state index >= 15 is 0 Å². The summed E-state index contributed by atoms with van der Waals surface area (Å²) in [6.07, 6.45) is 3.23. The summed E-state index contributed by atoms with van der Waals surface area (Å²) in [4.78, 5) is 31.9. The lowest BCUT2D eigenvalue weighted by atomic mass is 10.2. The SMILES string of the molecule is CC(=O)N1CCN(C(=O)c2cncc(Nc3ccc4c(c3)OCCO4)c2)CC1. The summed E-state index contributed by atoms with van der Waals surface area (Å²) in [5.41, 5.74) is 2.05. The van der Waals surface area contributed by atoms with Gasteiger partial charge in [0.15, 0.2) is 11.5 Å². The topological polar surface area (TPSA) is 84.0 Å². The van der Waals surface area contributed by atoms with Crippen LogP contribution in [-0.2, 0) is 4.79 Å². The molecule has 1 fully saturated rings. The molecule has 1 aromatic heterocycles. The predicted molar refractivity (Wildman–Crippen MR) is 103 cm³/mol. The molecule has 0 saturated carbocycles. The van der Waals surface area contributed by atoms with Gasteiger partial charge in [-0.3, -0.25) is 14.6 Å². The first-order valence-electron chi connectivity index (χ1n) is 9.27. The van der Waals surface area contributed by atoms with Gasteiger partial charge in [0, 0.05) is 51.1 Å². The number of nitrogens with one attached hydrogen (secondary N) is 1. The first-order chi connectivity index (χ1) is 13.6.